The van der Waals surface area contributed by atoms with Gasteiger partial charge in [0.1, 0.15) is 5.75 Å². The van der Waals surface area contributed by atoms with E-state index in [1.165, 1.54) is 12.8 Å². The summed E-state index contributed by atoms with van der Waals surface area (Å²) in [6.07, 6.45) is 4.98. The van der Waals surface area contributed by atoms with Gasteiger partial charge in [-0.25, -0.2) is 4.63 Å². The fourth-order valence-corrected chi connectivity index (χ4v) is 2.36. The van der Waals surface area contributed by atoms with E-state index in [0.717, 1.165) is 18.6 Å². The molecule has 2 aromatic rings. The van der Waals surface area contributed by atoms with E-state index in [1.807, 2.05) is 12.1 Å². The van der Waals surface area contributed by atoms with E-state index in [4.69, 9.17) is 10.5 Å². The molecule has 0 saturated heterocycles. The van der Waals surface area contributed by atoms with Gasteiger partial charge in [0, 0.05) is 5.69 Å². The van der Waals surface area contributed by atoms with Gasteiger partial charge in [0.25, 0.3) is 5.91 Å². The molecule has 0 atom stereocenters. The van der Waals surface area contributed by atoms with Crippen LogP contribution in [0.25, 0.3) is 0 Å². The van der Waals surface area contributed by atoms with Gasteiger partial charge in [0.2, 0.25) is 11.5 Å². The lowest BCUT2D eigenvalue weighted by Gasteiger charge is -2.13. The highest BCUT2D eigenvalue weighted by Gasteiger charge is 2.17. The number of amides is 1. The zero-order chi connectivity index (χ0) is 14.7. The quantitative estimate of drug-likeness (QED) is 0.894. The van der Waals surface area contributed by atoms with Gasteiger partial charge in [-0.3, -0.25) is 4.79 Å². The number of hydrogen-bond acceptors (Lipinski definition) is 6. The Bertz CT molecular complexity index is 617. The van der Waals surface area contributed by atoms with Crippen LogP contribution in [-0.4, -0.2) is 22.3 Å². The molecule has 1 aliphatic rings. The molecule has 3 rings (SSSR count). The van der Waals surface area contributed by atoms with Crippen molar-refractivity contribution < 1.29 is 14.2 Å². The van der Waals surface area contributed by atoms with Crippen LogP contribution < -0.4 is 15.8 Å². The Labute approximate surface area is 121 Å². The van der Waals surface area contributed by atoms with Crippen LogP contribution in [0.5, 0.6) is 5.75 Å². The summed E-state index contributed by atoms with van der Waals surface area (Å²) in [6, 6.07) is 7.20. The smallest absolute Gasteiger partial charge is 0.281 e. The Morgan fingerprint density at radius 2 is 1.95 bits per heavy atom. The monoisotopic (exact) mass is 288 g/mol. The van der Waals surface area contributed by atoms with Crippen molar-refractivity contribution in [3.63, 3.8) is 0 Å². The summed E-state index contributed by atoms with van der Waals surface area (Å²) in [4.78, 5) is 11.9. The molecule has 7 nitrogen and oxygen atoms in total. The minimum absolute atomic E-state index is 0.0266. The van der Waals surface area contributed by atoms with Crippen molar-refractivity contribution in [1.29, 1.82) is 0 Å². The van der Waals surface area contributed by atoms with E-state index in [0.29, 0.717) is 11.8 Å². The van der Waals surface area contributed by atoms with Crippen molar-refractivity contribution in [2.24, 2.45) is 0 Å². The van der Waals surface area contributed by atoms with Crippen molar-refractivity contribution in [3.05, 3.63) is 30.0 Å². The summed E-state index contributed by atoms with van der Waals surface area (Å²) in [5, 5.41) is 9.48. The van der Waals surface area contributed by atoms with Gasteiger partial charge in [-0.2, -0.15) is 0 Å². The number of anilines is 2. The van der Waals surface area contributed by atoms with Gasteiger partial charge >= 0.3 is 0 Å². The van der Waals surface area contributed by atoms with Gasteiger partial charge in [-0.05, 0) is 60.3 Å². The van der Waals surface area contributed by atoms with Crippen LogP contribution in [0.3, 0.4) is 0 Å². The molecule has 1 aromatic heterocycles. The van der Waals surface area contributed by atoms with Gasteiger partial charge in [-0.15, -0.1) is 0 Å². The number of aromatic nitrogens is 2. The summed E-state index contributed by atoms with van der Waals surface area (Å²) in [6.45, 7) is 0. The third-order valence-electron chi connectivity index (χ3n) is 3.45. The molecule has 3 N–H and O–H groups in total. The second-order valence-corrected chi connectivity index (χ2v) is 5.00. The molecule has 0 radical (unpaired) electrons. The van der Waals surface area contributed by atoms with Crippen LogP contribution in [0.4, 0.5) is 11.5 Å². The first kappa shape index (κ1) is 13.4. The Kier molecular flexibility index (Phi) is 3.72. The third kappa shape index (κ3) is 3.13. The number of nitrogens with two attached hydrogens (primary N) is 1. The molecule has 110 valence electrons. The maximum absolute atomic E-state index is 11.9. The summed E-state index contributed by atoms with van der Waals surface area (Å²) >= 11 is 0. The van der Waals surface area contributed by atoms with Crippen molar-refractivity contribution in [1.82, 2.24) is 10.3 Å². The molecule has 1 fully saturated rings. The van der Waals surface area contributed by atoms with Gasteiger partial charge in [-0.1, -0.05) is 0 Å². The summed E-state index contributed by atoms with van der Waals surface area (Å²) in [7, 11) is 0. The molecular weight excluding hydrogens is 272 g/mol. The van der Waals surface area contributed by atoms with Crippen LogP contribution in [0.1, 0.15) is 36.2 Å². The Morgan fingerprint density at radius 1 is 1.24 bits per heavy atom. The van der Waals surface area contributed by atoms with Gasteiger partial charge < -0.3 is 15.8 Å². The molecule has 7 heteroatoms. The Morgan fingerprint density at radius 3 is 2.57 bits per heavy atom. The third-order valence-corrected chi connectivity index (χ3v) is 3.45. The van der Waals surface area contributed by atoms with Crippen LogP contribution in [0.15, 0.2) is 28.9 Å². The fourth-order valence-electron chi connectivity index (χ4n) is 2.36. The van der Waals surface area contributed by atoms with Crippen LogP contribution in [0, 0.1) is 0 Å². The minimum Gasteiger partial charge on any atom is -0.490 e. The molecule has 0 bridgehead atoms. The standard InChI is InChI=1S/C14H16N4O3/c15-13-12(17-21-18-13)14(19)16-9-5-7-11(8-6-9)20-10-3-1-2-4-10/h5-8,10H,1-4H2,(H2,15,18)(H,16,19). The molecule has 1 aromatic carbocycles. The first-order valence-electron chi connectivity index (χ1n) is 6.88. The zero-order valence-corrected chi connectivity index (χ0v) is 11.4. The highest BCUT2D eigenvalue weighted by molar-refractivity contribution is 6.05. The predicted molar refractivity (Wildman–Crippen MR) is 76.0 cm³/mol. The molecule has 0 unspecified atom stereocenters. The van der Waals surface area contributed by atoms with Crippen molar-refractivity contribution >= 4 is 17.4 Å². The highest BCUT2D eigenvalue weighted by atomic mass is 16.6. The molecule has 0 aliphatic heterocycles. The number of nitrogen functional groups attached to an aromatic ring is 1. The zero-order valence-electron chi connectivity index (χ0n) is 11.4. The van der Waals surface area contributed by atoms with Crippen LogP contribution in [0.2, 0.25) is 0 Å². The molecular formula is C14H16N4O3. The maximum atomic E-state index is 11.9. The van der Waals surface area contributed by atoms with E-state index >= 15 is 0 Å². The molecule has 1 aliphatic carbocycles. The second-order valence-electron chi connectivity index (χ2n) is 5.00. The number of hydrogen-bond donors (Lipinski definition) is 2. The number of ether oxygens (including phenoxy) is 1. The number of carbonyl (C=O) groups excluding carboxylic acids is 1. The largest absolute Gasteiger partial charge is 0.490 e. The molecule has 1 amide bonds. The molecule has 1 saturated carbocycles. The highest BCUT2D eigenvalue weighted by Crippen LogP contribution is 2.25. The number of rotatable bonds is 4. The molecule has 21 heavy (non-hydrogen) atoms. The lowest BCUT2D eigenvalue weighted by atomic mass is 10.2. The number of carbonyl (C=O) groups is 1. The lowest BCUT2D eigenvalue weighted by molar-refractivity contribution is 0.101. The number of nitrogens with zero attached hydrogens (tertiary/aromatic N) is 2. The van der Waals surface area contributed by atoms with E-state index in [1.54, 1.807) is 12.1 Å². The van der Waals surface area contributed by atoms with Gasteiger partial charge in [0.15, 0.2) is 0 Å². The summed E-state index contributed by atoms with van der Waals surface area (Å²) in [5.74, 6) is 0.314. The maximum Gasteiger partial charge on any atom is 0.281 e. The first-order chi connectivity index (χ1) is 10.2. The van der Waals surface area contributed by atoms with Crippen LogP contribution in [-0.2, 0) is 0 Å². The average molecular weight is 288 g/mol. The van der Waals surface area contributed by atoms with Crippen LogP contribution >= 0.6 is 0 Å². The van der Waals surface area contributed by atoms with E-state index in [-0.39, 0.29) is 11.5 Å². The Balaban J connectivity index is 1.61. The fraction of sp³-hybridized carbons (Fsp3) is 0.357. The van der Waals surface area contributed by atoms with E-state index in [2.05, 4.69) is 20.3 Å². The molecule has 1 heterocycles. The van der Waals surface area contributed by atoms with E-state index < -0.39 is 5.91 Å². The average Bonchev–Trinajstić information content (AvgIpc) is 3.12. The summed E-state index contributed by atoms with van der Waals surface area (Å²) < 4.78 is 10.2. The molecule has 0 spiro atoms. The van der Waals surface area contributed by atoms with E-state index in [9.17, 15) is 4.79 Å². The predicted octanol–water partition coefficient (Wildman–Crippen LogP) is 2.23. The minimum atomic E-state index is -0.460. The topological polar surface area (TPSA) is 103 Å². The lowest BCUT2D eigenvalue weighted by Crippen LogP contribution is -2.14. The first-order valence-corrected chi connectivity index (χ1v) is 6.88. The van der Waals surface area contributed by atoms with Crippen molar-refractivity contribution in [2.45, 2.75) is 31.8 Å². The van der Waals surface area contributed by atoms with Crippen molar-refractivity contribution in [3.8, 4) is 5.75 Å². The number of nitrogens with one attached hydrogen (secondary N) is 1. The van der Waals surface area contributed by atoms with Gasteiger partial charge in [0.05, 0.1) is 6.10 Å². The number of benzene rings is 1. The van der Waals surface area contributed by atoms with Crippen molar-refractivity contribution in [2.75, 3.05) is 11.1 Å². The summed E-state index contributed by atoms with van der Waals surface area (Å²) in [5.41, 5.74) is 6.06. The SMILES string of the molecule is Nc1nonc1C(=O)Nc1ccc(OC2CCCC2)cc1. The second kappa shape index (κ2) is 5.82. The normalized spacial score (nSPS) is 15.0. The Hall–Kier alpha value is -2.57.